The number of hydrogen-bond donors (Lipinski definition) is 2. The van der Waals surface area contributed by atoms with E-state index in [0.717, 1.165) is 37.6 Å². The maximum absolute atomic E-state index is 5.56. The highest BCUT2D eigenvalue weighted by Gasteiger charge is 2.15. The molecule has 1 aliphatic rings. The predicted molar refractivity (Wildman–Crippen MR) is 74.0 cm³/mol. The van der Waals surface area contributed by atoms with E-state index in [4.69, 9.17) is 9.26 Å². The molecule has 2 aromatic rings. The molecule has 1 saturated heterocycles. The Bertz CT molecular complexity index is 565. The summed E-state index contributed by atoms with van der Waals surface area (Å²) in [6.07, 6.45) is 4.02. The van der Waals surface area contributed by atoms with E-state index in [0.29, 0.717) is 11.6 Å². The topological polar surface area (TPSA) is 85.1 Å². The van der Waals surface area contributed by atoms with Crippen molar-refractivity contribution in [3.8, 4) is 0 Å². The van der Waals surface area contributed by atoms with Crippen LogP contribution in [0.15, 0.2) is 23.0 Å². The third-order valence-corrected chi connectivity index (χ3v) is 3.09. The average Bonchev–Trinajstić information content (AvgIpc) is 3.09. The number of nitrogens with one attached hydrogen (secondary N) is 2. The van der Waals surface area contributed by atoms with Gasteiger partial charge in [0.1, 0.15) is 23.7 Å². The third kappa shape index (κ3) is 3.24. The van der Waals surface area contributed by atoms with Crippen molar-refractivity contribution in [3.63, 3.8) is 0 Å². The van der Waals surface area contributed by atoms with Crippen LogP contribution < -0.4 is 10.6 Å². The van der Waals surface area contributed by atoms with Gasteiger partial charge in [0.25, 0.3) is 0 Å². The lowest BCUT2D eigenvalue weighted by Crippen LogP contribution is -2.19. The molecule has 1 fully saturated rings. The van der Waals surface area contributed by atoms with E-state index in [9.17, 15) is 0 Å². The summed E-state index contributed by atoms with van der Waals surface area (Å²) in [5, 5.41) is 10.2. The SMILES string of the molecule is Cc1cc(Nc2cc(NCC3CCCO3)ncn2)no1. The molecule has 20 heavy (non-hydrogen) atoms. The second kappa shape index (κ2) is 5.87. The fraction of sp³-hybridized carbons (Fsp3) is 0.462. The number of rotatable bonds is 5. The monoisotopic (exact) mass is 275 g/mol. The van der Waals surface area contributed by atoms with E-state index >= 15 is 0 Å². The first-order valence-electron chi connectivity index (χ1n) is 6.67. The predicted octanol–water partition coefficient (Wildman–Crippen LogP) is 2.11. The van der Waals surface area contributed by atoms with Crippen LogP contribution in [0.3, 0.4) is 0 Å². The molecular formula is C13H17N5O2. The van der Waals surface area contributed by atoms with Gasteiger partial charge in [0.2, 0.25) is 0 Å². The molecule has 7 heteroatoms. The molecule has 0 spiro atoms. The van der Waals surface area contributed by atoms with Crippen molar-refractivity contribution in [1.29, 1.82) is 0 Å². The van der Waals surface area contributed by atoms with Gasteiger partial charge in [-0.15, -0.1) is 0 Å². The van der Waals surface area contributed by atoms with Crippen LogP contribution in [-0.2, 0) is 4.74 Å². The third-order valence-electron chi connectivity index (χ3n) is 3.09. The maximum Gasteiger partial charge on any atom is 0.175 e. The van der Waals surface area contributed by atoms with Gasteiger partial charge < -0.3 is 19.9 Å². The minimum Gasteiger partial charge on any atom is -0.376 e. The fourth-order valence-electron chi connectivity index (χ4n) is 2.10. The summed E-state index contributed by atoms with van der Waals surface area (Å²) in [7, 11) is 0. The van der Waals surface area contributed by atoms with Gasteiger partial charge in [-0.3, -0.25) is 0 Å². The number of nitrogens with zero attached hydrogens (tertiary/aromatic N) is 3. The molecule has 7 nitrogen and oxygen atoms in total. The van der Waals surface area contributed by atoms with Crippen LogP contribution in [0.2, 0.25) is 0 Å². The summed E-state index contributed by atoms with van der Waals surface area (Å²) in [5.41, 5.74) is 0. The molecule has 0 amide bonds. The summed E-state index contributed by atoms with van der Waals surface area (Å²) in [4.78, 5) is 8.33. The molecule has 3 rings (SSSR count). The van der Waals surface area contributed by atoms with Gasteiger partial charge in [-0.25, -0.2) is 9.97 Å². The van der Waals surface area contributed by atoms with E-state index < -0.39 is 0 Å². The van der Waals surface area contributed by atoms with Crippen LogP contribution in [0.5, 0.6) is 0 Å². The zero-order valence-corrected chi connectivity index (χ0v) is 11.3. The van der Waals surface area contributed by atoms with Gasteiger partial charge in [0, 0.05) is 25.3 Å². The van der Waals surface area contributed by atoms with Crippen LogP contribution in [0.25, 0.3) is 0 Å². The highest BCUT2D eigenvalue weighted by atomic mass is 16.5. The minimum atomic E-state index is 0.277. The summed E-state index contributed by atoms with van der Waals surface area (Å²) < 4.78 is 10.6. The molecule has 0 bridgehead atoms. The van der Waals surface area contributed by atoms with Crippen molar-refractivity contribution in [3.05, 3.63) is 24.2 Å². The molecular weight excluding hydrogens is 258 g/mol. The minimum absolute atomic E-state index is 0.277. The lowest BCUT2D eigenvalue weighted by Gasteiger charge is -2.11. The van der Waals surface area contributed by atoms with Crippen LogP contribution in [-0.4, -0.2) is 34.4 Å². The van der Waals surface area contributed by atoms with E-state index in [1.165, 1.54) is 6.33 Å². The van der Waals surface area contributed by atoms with Gasteiger partial charge in [-0.05, 0) is 19.8 Å². The molecule has 3 heterocycles. The van der Waals surface area contributed by atoms with Gasteiger partial charge >= 0.3 is 0 Å². The number of hydrogen-bond acceptors (Lipinski definition) is 7. The molecule has 2 N–H and O–H groups in total. The Morgan fingerprint density at radius 1 is 1.25 bits per heavy atom. The Balaban J connectivity index is 1.60. The van der Waals surface area contributed by atoms with Gasteiger partial charge in [0.05, 0.1) is 6.10 Å². The Labute approximate surface area is 116 Å². The molecule has 0 aromatic carbocycles. The summed E-state index contributed by atoms with van der Waals surface area (Å²) >= 11 is 0. The van der Waals surface area contributed by atoms with E-state index in [1.807, 2.05) is 19.1 Å². The second-order valence-electron chi connectivity index (χ2n) is 4.75. The van der Waals surface area contributed by atoms with Crippen molar-refractivity contribution >= 4 is 17.5 Å². The summed E-state index contributed by atoms with van der Waals surface area (Å²) in [5.74, 6) is 2.81. The van der Waals surface area contributed by atoms with Crippen LogP contribution in [0.1, 0.15) is 18.6 Å². The van der Waals surface area contributed by atoms with Gasteiger partial charge in [0.15, 0.2) is 5.82 Å². The van der Waals surface area contributed by atoms with Crippen LogP contribution in [0, 0.1) is 6.92 Å². The van der Waals surface area contributed by atoms with Gasteiger partial charge in [-0.1, -0.05) is 5.16 Å². The number of aromatic nitrogens is 3. The Hall–Kier alpha value is -2.15. The second-order valence-corrected chi connectivity index (χ2v) is 4.75. The fourth-order valence-corrected chi connectivity index (χ4v) is 2.10. The molecule has 2 aromatic heterocycles. The zero-order chi connectivity index (χ0) is 13.8. The molecule has 0 aliphatic carbocycles. The standard InChI is InChI=1S/C13H17N5O2/c1-9-5-13(18-20-9)17-12-6-11(15-8-16-12)14-7-10-3-2-4-19-10/h5-6,8,10H,2-4,7H2,1H3,(H2,14,15,16,17,18). The first kappa shape index (κ1) is 12.9. The summed E-state index contributed by atoms with van der Waals surface area (Å²) in [6.45, 7) is 3.46. The van der Waals surface area contributed by atoms with E-state index in [2.05, 4.69) is 25.8 Å². The lowest BCUT2D eigenvalue weighted by molar-refractivity contribution is 0.120. The summed E-state index contributed by atoms with van der Waals surface area (Å²) in [6, 6.07) is 3.64. The molecule has 1 unspecified atom stereocenters. The molecule has 0 radical (unpaired) electrons. The largest absolute Gasteiger partial charge is 0.376 e. The Kier molecular flexibility index (Phi) is 3.78. The maximum atomic E-state index is 5.56. The highest BCUT2D eigenvalue weighted by Crippen LogP contribution is 2.17. The normalized spacial score (nSPS) is 18.1. The van der Waals surface area contributed by atoms with Crippen molar-refractivity contribution in [2.45, 2.75) is 25.9 Å². The van der Waals surface area contributed by atoms with Crippen molar-refractivity contribution in [2.75, 3.05) is 23.8 Å². The number of aryl methyl sites for hydroxylation is 1. The van der Waals surface area contributed by atoms with Crippen LogP contribution >= 0.6 is 0 Å². The number of ether oxygens (including phenoxy) is 1. The zero-order valence-electron chi connectivity index (χ0n) is 11.3. The highest BCUT2D eigenvalue weighted by molar-refractivity contribution is 5.55. The smallest absolute Gasteiger partial charge is 0.175 e. The van der Waals surface area contributed by atoms with E-state index in [-0.39, 0.29) is 6.10 Å². The van der Waals surface area contributed by atoms with Gasteiger partial charge in [-0.2, -0.15) is 0 Å². The first-order valence-corrected chi connectivity index (χ1v) is 6.67. The molecule has 106 valence electrons. The van der Waals surface area contributed by atoms with Crippen molar-refractivity contribution < 1.29 is 9.26 Å². The van der Waals surface area contributed by atoms with E-state index in [1.54, 1.807) is 0 Å². The first-order chi connectivity index (χ1) is 9.79. The van der Waals surface area contributed by atoms with Crippen LogP contribution in [0.4, 0.5) is 17.5 Å². The quantitative estimate of drug-likeness (QED) is 0.864. The van der Waals surface area contributed by atoms with Crippen molar-refractivity contribution in [2.24, 2.45) is 0 Å². The van der Waals surface area contributed by atoms with Crippen molar-refractivity contribution in [1.82, 2.24) is 15.1 Å². The molecule has 1 atom stereocenters. The number of anilines is 3. The molecule has 1 aliphatic heterocycles. The average molecular weight is 275 g/mol. The lowest BCUT2D eigenvalue weighted by atomic mass is 10.2. The Morgan fingerprint density at radius 3 is 2.90 bits per heavy atom. The Morgan fingerprint density at radius 2 is 2.15 bits per heavy atom. The molecule has 0 saturated carbocycles.